The van der Waals surface area contributed by atoms with Gasteiger partial charge in [0.05, 0.1) is 0 Å². The molecule has 0 saturated heterocycles. The van der Waals surface area contributed by atoms with E-state index in [1.54, 1.807) is 0 Å². The van der Waals surface area contributed by atoms with Crippen molar-refractivity contribution in [3.63, 3.8) is 0 Å². The molecule has 8 rings (SSSR count). The number of fused-ring (bicyclic) bond motifs is 2. The first-order valence-electron chi connectivity index (χ1n) is 20.3. The van der Waals surface area contributed by atoms with Crippen LogP contribution in [0.1, 0.15) is 101 Å². The predicted molar refractivity (Wildman–Crippen MR) is 238 cm³/mol. The molecule has 0 N–H and O–H groups in total. The van der Waals surface area contributed by atoms with Gasteiger partial charge < -0.3 is 0 Å². The minimum absolute atomic E-state index is 0.521. The minimum atomic E-state index is -0.826. The summed E-state index contributed by atoms with van der Waals surface area (Å²) in [5.41, 5.74) is 12.3. The molecule has 6 aromatic carbocycles. The van der Waals surface area contributed by atoms with Crippen molar-refractivity contribution in [2.45, 2.75) is 118 Å². The molecule has 2 aliphatic carbocycles. The molecule has 0 amide bonds. The molecule has 0 spiro atoms. The monoisotopic (exact) mass is 848 g/mol. The van der Waals surface area contributed by atoms with Crippen molar-refractivity contribution in [2.24, 2.45) is 10.8 Å². The summed E-state index contributed by atoms with van der Waals surface area (Å²) in [6, 6.07) is 41.3. The number of hydrogen-bond acceptors (Lipinski definition) is 0. The molecule has 0 bridgehead atoms. The van der Waals surface area contributed by atoms with Crippen LogP contribution < -0.4 is 0 Å². The zero-order chi connectivity index (χ0) is 38.6. The van der Waals surface area contributed by atoms with Crippen molar-refractivity contribution in [1.82, 2.24) is 0 Å². The predicted octanol–water partition coefficient (Wildman–Crippen LogP) is 16.0. The number of halogens is 2. The van der Waals surface area contributed by atoms with Crippen LogP contribution in [0.2, 0.25) is 13.1 Å². The Morgan fingerprint density at radius 1 is 0.574 bits per heavy atom. The van der Waals surface area contributed by atoms with Gasteiger partial charge in [-0.15, -0.1) is 69.1 Å². The number of benzene rings is 4. The first-order chi connectivity index (χ1) is 26.2. The molecule has 0 heterocycles. The van der Waals surface area contributed by atoms with Gasteiger partial charge in [0.1, 0.15) is 0 Å². The van der Waals surface area contributed by atoms with Crippen molar-refractivity contribution in [2.75, 3.05) is 0 Å². The van der Waals surface area contributed by atoms with Crippen molar-refractivity contribution < 1.29 is 20.8 Å². The quantitative estimate of drug-likeness (QED) is 0.106. The standard InChI is InChI=1S/2C24H27.C2H6Si.2ClH.Zr/c2*1-3-18-9-11-20(12-10-18)22-8-6-7-21-15-19(16-23(21)22)17-24(2)13-4-5-14-24;1-3-2;;;/h2*6-12,15-16H,3-5,13-14,17H2,1-2H3;1-2H3;2*1H;/q2*-1;;;;+4/p-2. The molecule has 0 aliphatic heterocycles. The van der Waals surface area contributed by atoms with E-state index in [0.29, 0.717) is 10.8 Å². The molecule has 54 heavy (non-hydrogen) atoms. The summed E-state index contributed by atoms with van der Waals surface area (Å²) in [4.78, 5) is 0. The molecule has 282 valence electrons. The van der Waals surface area contributed by atoms with Gasteiger partial charge in [-0.05, 0) is 84.5 Å². The van der Waals surface area contributed by atoms with E-state index in [1.165, 1.54) is 130 Å². The fourth-order valence-electron chi connectivity index (χ4n) is 8.94. The van der Waals surface area contributed by atoms with Crippen LogP contribution in [0.15, 0.2) is 109 Å². The molecule has 2 radical (unpaired) electrons. The summed E-state index contributed by atoms with van der Waals surface area (Å²) in [7, 11) is 11.0. The molecule has 2 saturated carbocycles. The van der Waals surface area contributed by atoms with E-state index in [9.17, 15) is 0 Å². The van der Waals surface area contributed by atoms with Gasteiger partial charge in [0, 0.05) is 9.52 Å². The Kier molecular flexibility index (Phi) is 16.5. The van der Waals surface area contributed by atoms with Crippen LogP contribution in [0.4, 0.5) is 0 Å². The summed E-state index contributed by atoms with van der Waals surface area (Å²) in [6.07, 6.45) is 15.9. The van der Waals surface area contributed by atoms with E-state index >= 15 is 0 Å². The van der Waals surface area contributed by atoms with E-state index in [0.717, 1.165) is 22.4 Å². The number of rotatable bonds is 8. The zero-order valence-corrected chi connectivity index (χ0v) is 38.6. The van der Waals surface area contributed by atoms with Crippen LogP contribution in [0.3, 0.4) is 0 Å². The third kappa shape index (κ3) is 11.4. The summed E-state index contributed by atoms with van der Waals surface area (Å²) < 4.78 is 0. The Morgan fingerprint density at radius 2 is 0.907 bits per heavy atom. The van der Waals surface area contributed by atoms with E-state index in [4.69, 9.17) is 17.0 Å². The van der Waals surface area contributed by atoms with Crippen molar-refractivity contribution in [3.8, 4) is 22.3 Å². The van der Waals surface area contributed by atoms with Gasteiger partial charge in [0.2, 0.25) is 0 Å². The Morgan fingerprint density at radius 3 is 1.22 bits per heavy atom. The van der Waals surface area contributed by atoms with Crippen LogP contribution in [-0.2, 0) is 46.5 Å². The Labute approximate surface area is 348 Å². The fraction of sp³-hybridized carbons (Fsp3) is 0.400. The molecule has 0 atom stereocenters. The van der Waals surface area contributed by atoms with Gasteiger partial charge in [0.25, 0.3) is 0 Å². The first-order valence-corrected chi connectivity index (χ1v) is 28.6. The summed E-state index contributed by atoms with van der Waals surface area (Å²) in [6.45, 7) is 13.7. The van der Waals surface area contributed by atoms with E-state index in [2.05, 4.69) is 150 Å². The second-order valence-corrected chi connectivity index (χ2v) is 21.1. The second kappa shape index (κ2) is 20.8. The van der Waals surface area contributed by atoms with Gasteiger partial charge >= 0.3 is 37.9 Å². The van der Waals surface area contributed by atoms with E-state index < -0.39 is 20.8 Å². The average Bonchev–Trinajstić information content (AvgIpc) is 3.99. The average molecular weight is 851 g/mol. The van der Waals surface area contributed by atoms with Crippen LogP contribution in [-0.4, -0.2) is 9.52 Å². The maximum absolute atomic E-state index is 4.93. The molecule has 0 aromatic heterocycles. The Balaban J connectivity index is 0.000000182. The molecular weight excluding hydrogens is 791 g/mol. The molecule has 4 heteroatoms. The van der Waals surface area contributed by atoms with Gasteiger partial charge in [-0.1, -0.05) is 138 Å². The molecule has 0 unspecified atom stereocenters. The normalized spacial score (nSPS) is 15.4. The summed E-state index contributed by atoms with van der Waals surface area (Å²) >= 11 is -0.826. The van der Waals surface area contributed by atoms with Gasteiger partial charge in [-0.25, -0.2) is 0 Å². The van der Waals surface area contributed by atoms with E-state index in [-0.39, 0.29) is 0 Å². The molecule has 2 fully saturated rings. The molecule has 0 nitrogen and oxygen atoms in total. The fourth-order valence-corrected chi connectivity index (χ4v) is 8.94. The second-order valence-electron chi connectivity index (χ2n) is 16.4. The first kappa shape index (κ1) is 42.9. The SMILES string of the molecule is CCc1ccc(-c2cccc3[cH-]c(CC4(C)CCCC4)cc23)cc1.CCc1ccc(-c2cccc3[cH-]c(CC4(C)CCCC4)cc23)cc1.C[Si]C.[Cl][Zr+2][Cl]. The van der Waals surface area contributed by atoms with Crippen molar-refractivity contribution >= 4 is 48.1 Å². The van der Waals surface area contributed by atoms with Crippen LogP contribution in [0.5, 0.6) is 0 Å². The summed E-state index contributed by atoms with van der Waals surface area (Å²) in [5, 5.41) is 5.61. The summed E-state index contributed by atoms with van der Waals surface area (Å²) in [5.74, 6) is 0. The van der Waals surface area contributed by atoms with E-state index in [1.807, 2.05) is 0 Å². The van der Waals surface area contributed by atoms with Gasteiger partial charge in [-0.3, -0.25) is 0 Å². The van der Waals surface area contributed by atoms with Gasteiger partial charge in [0.15, 0.2) is 0 Å². The molecule has 2 aliphatic rings. The third-order valence-electron chi connectivity index (χ3n) is 11.9. The number of hydrogen-bond donors (Lipinski definition) is 0. The topological polar surface area (TPSA) is 0 Å². The Bertz CT molecular complexity index is 1860. The van der Waals surface area contributed by atoms with Crippen LogP contribution >= 0.6 is 17.0 Å². The van der Waals surface area contributed by atoms with Crippen LogP contribution in [0.25, 0.3) is 43.8 Å². The van der Waals surface area contributed by atoms with Crippen molar-refractivity contribution in [1.29, 1.82) is 0 Å². The maximum atomic E-state index is 4.93. The van der Waals surface area contributed by atoms with Crippen LogP contribution in [0, 0.1) is 10.8 Å². The van der Waals surface area contributed by atoms with Gasteiger partial charge in [-0.2, -0.15) is 12.1 Å². The molecule has 6 aromatic rings. The zero-order valence-electron chi connectivity index (χ0n) is 33.6. The Hall–Kier alpha value is -2.22. The third-order valence-corrected chi connectivity index (χ3v) is 11.9. The number of aryl methyl sites for hydroxylation is 2. The van der Waals surface area contributed by atoms with Crippen molar-refractivity contribution in [3.05, 3.63) is 131 Å². The molecular formula is C50H60Cl2SiZr.